The zero-order valence-electron chi connectivity index (χ0n) is 11.0. The topological polar surface area (TPSA) is 49.4 Å². The first-order chi connectivity index (χ1) is 8.85. The van der Waals surface area contributed by atoms with E-state index in [1.807, 2.05) is 6.92 Å². The number of hydrogen-bond donors (Lipinski definition) is 1. The Kier molecular flexibility index (Phi) is 6.26. The van der Waals surface area contributed by atoms with Crippen LogP contribution in [0.15, 0.2) is 6.07 Å². The van der Waals surface area contributed by atoms with Crippen LogP contribution in [0.2, 0.25) is 8.67 Å². The summed E-state index contributed by atoms with van der Waals surface area (Å²) in [5.41, 5.74) is 0.441. The van der Waals surface area contributed by atoms with E-state index < -0.39 is 0 Å². The molecule has 0 aromatic carbocycles. The maximum absolute atomic E-state index is 12.0. The van der Waals surface area contributed by atoms with Gasteiger partial charge in [-0.25, -0.2) is 0 Å². The highest BCUT2D eigenvalue weighted by Gasteiger charge is 2.19. The summed E-state index contributed by atoms with van der Waals surface area (Å²) in [5.74, 6) is -0.319. The van der Waals surface area contributed by atoms with Gasteiger partial charge in [0.1, 0.15) is 4.34 Å². The molecule has 4 nitrogen and oxygen atoms in total. The maximum Gasteiger partial charge on any atom is 0.223 e. The van der Waals surface area contributed by atoms with Crippen molar-refractivity contribution >= 4 is 46.2 Å². The summed E-state index contributed by atoms with van der Waals surface area (Å²) < 4.78 is 0.900. The normalized spacial score (nSPS) is 12.5. The fraction of sp³-hybridized carbons (Fsp3) is 0.500. The van der Waals surface area contributed by atoms with Crippen LogP contribution in [-0.4, -0.2) is 43.8 Å². The molecule has 0 saturated heterocycles. The lowest BCUT2D eigenvalue weighted by Crippen LogP contribution is -2.36. The van der Waals surface area contributed by atoms with Crippen LogP contribution in [0.5, 0.6) is 0 Å². The van der Waals surface area contributed by atoms with E-state index in [2.05, 4.69) is 5.32 Å². The van der Waals surface area contributed by atoms with Gasteiger partial charge >= 0.3 is 0 Å². The predicted octanol–water partition coefficient (Wildman–Crippen LogP) is 2.55. The molecule has 1 N–H and O–H groups in total. The average molecular weight is 323 g/mol. The number of likely N-dealkylation sites (N-methyl/N-ethyl adjacent to an activating group) is 1. The minimum Gasteiger partial charge on any atom is -0.359 e. The van der Waals surface area contributed by atoms with Crippen molar-refractivity contribution in [2.45, 2.75) is 6.92 Å². The number of Topliss-reactive ketones (excluding diaryl/α,β-unsaturated/α-hetero) is 1. The lowest BCUT2D eigenvalue weighted by Gasteiger charge is -2.19. The van der Waals surface area contributed by atoms with Gasteiger partial charge in [-0.1, -0.05) is 30.1 Å². The van der Waals surface area contributed by atoms with Gasteiger partial charge in [-0.3, -0.25) is 14.5 Å². The molecular formula is C12H16Cl2N2O2S. The van der Waals surface area contributed by atoms with Crippen molar-refractivity contribution < 1.29 is 9.59 Å². The molecule has 1 rings (SSSR count). The Morgan fingerprint density at radius 3 is 2.58 bits per heavy atom. The van der Waals surface area contributed by atoms with Gasteiger partial charge in [-0.2, -0.15) is 0 Å². The molecule has 0 aliphatic rings. The first-order valence-corrected chi connectivity index (χ1v) is 7.30. The monoisotopic (exact) mass is 322 g/mol. The third-order valence-electron chi connectivity index (χ3n) is 2.65. The Labute approximate surface area is 126 Å². The van der Waals surface area contributed by atoms with E-state index in [0.29, 0.717) is 20.8 Å². The highest BCUT2D eigenvalue weighted by atomic mass is 35.5. The Bertz CT molecular complexity index is 476. The smallest absolute Gasteiger partial charge is 0.223 e. The van der Waals surface area contributed by atoms with E-state index in [9.17, 15) is 9.59 Å². The van der Waals surface area contributed by atoms with Crippen molar-refractivity contribution in [1.29, 1.82) is 0 Å². The highest BCUT2D eigenvalue weighted by Crippen LogP contribution is 2.31. The zero-order valence-corrected chi connectivity index (χ0v) is 13.3. The molecule has 106 valence electrons. The van der Waals surface area contributed by atoms with Crippen LogP contribution in [0.4, 0.5) is 0 Å². The standard InChI is InChI=1S/C12H16Cl2N2O2S/c1-7(12(18)15-2)5-16(3)6-9(17)8-4-10(13)19-11(8)14/h4,7H,5-6H2,1-3H3,(H,15,18). The number of amides is 1. The van der Waals surface area contributed by atoms with Crippen molar-refractivity contribution in [2.24, 2.45) is 5.92 Å². The third-order valence-corrected chi connectivity index (χ3v) is 4.14. The fourth-order valence-electron chi connectivity index (χ4n) is 1.72. The SMILES string of the molecule is CNC(=O)C(C)CN(C)CC(=O)c1cc(Cl)sc1Cl. The minimum atomic E-state index is -0.177. The van der Waals surface area contributed by atoms with Crippen LogP contribution < -0.4 is 5.32 Å². The van der Waals surface area contributed by atoms with Crippen LogP contribution in [-0.2, 0) is 4.79 Å². The molecule has 0 fully saturated rings. The molecule has 19 heavy (non-hydrogen) atoms. The van der Waals surface area contributed by atoms with Crippen molar-refractivity contribution in [3.05, 3.63) is 20.3 Å². The number of rotatable bonds is 6. The van der Waals surface area contributed by atoms with E-state index in [4.69, 9.17) is 23.2 Å². The molecule has 0 radical (unpaired) electrons. The largest absolute Gasteiger partial charge is 0.359 e. The van der Waals surface area contributed by atoms with Crippen molar-refractivity contribution in [1.82, 2.24) is 10.2 Å². The molecule has 1 aromatic heterocycles. The van der Waals surface area contributed by atoms with E-state index in [0.717, 1.165) is 0 Å². The second-order valence-electron chi connectivity index (χ2n) is 4.37. The third kappa shape index (κ3) is 4.76. The van der Waals surface area contributed by atoms with Gasteiger partial charge < -0.3 is 5.32 Å². The van der Waals surface area contributed by atoms with E-state index in [1.165, 1.54) is 11.3 Å². The van der Waals surface area contributed by atoms with E-state index in [1.54, 1.807) is 25.1 Å². The molecule has 7 heteroatoms. The van der Waals surface area contributed by atoms with Gasteiger partial charge in [0.05, 0.1) is 16.4 Å². The minimum absolute atomic E-state index is 0.0455. The first kappa shape index (κ1) is 16.4. The lowest BCUT2D eigenvalue weighted by atomic mass is 10.1. The number of nitrogens with zero attached hydrogens (tertiary/aromatic N) is 1. The number of hydrogen-bond acceptors (Lipinski definition) is 4. The van der Waals surface area contributed by atoms with Crippen molar-refractivity contribution in [3.63, 3.8) is 0 Å². The first-order valence-electron chi connectivity index (χ1n) is 5.73. The zero-order chi connectivity index (χ0) is 14.6. The summed E-state index contributed by atoms with van der Waals surface area (Å²) >= 11 is 12.9. The maximum atomic E-state index is 12.0. The van der Waals surface area contributed by atoms with Crippen LogP contribution >= 0.6 is 34.5 Å². The molecule has 0 bridgehead atoms. The number of nitrogens with one attached hydrogen (secondary N) is 1. The Hall–Kier alpha value is -0.620. The summed E-state index contributed by atoms with van der Waals surface area (Å²) in [7, 11) is 3.39. The molecule has 1 amide bonds. The van der Waals surface area contributed by atoms with E-state index in [-0.39, 0.29) is 24.2 Å². The summed E-state index contributed by atoms with van der Waals surface area (Å²) in [4.78, 5) is 25.2. The van der Waals surface area contributed by atoms with Crippen molar-refractivity contribution in [2.75, 3.05) is 27.2 Å². The van der Waals surface area contributed by atoms with Gasteiger partial charge in [0.25, 0.3) is 0 Å². The van der Waals surface area contributed by atoms with Gasteiger partial charge in [0, 0.05) is 19.5 Å². The van der Waals surface area contributed by atoms with Crippen LogP contribution in [0.3, 0.4) is 0 Å². The number of thiophene rings is 1. The molecule has 1 aromatic rings. The quantitative estimate of drug-likeness (QED) is 0.819. The molecular weight excluding hydrogens is 307 g/mol. The summed E-state index contributed by atoms with van der Waals surface area (Å²) in [6.07, 6.45) is 0. The number of ketones is 1. The summed E-state index contributed by atoms with van der Waals surface area (Å²) in [6, 6.07) is 1.58. The number of carbonyl (C=O) groups is 2. The van der Waals surface area contributed by atoms with Crippen molar-refractivity contribution in [3.8, 4) is 0 Å². The summed E-state index contributed by atoms with van der Waals surface area (Å²) in [6.45, 7) is 2.52. The Morgan fingerprint density at radius 1 is 1.47 bits per heavy atom. The molecule has 0 spiro atoms. The number of carbonyl (C=O) groups excluding carboxylic acids is 2. The van der Waals surface area contributed by atoms with Crippen LogP contribution in [0.1, 0.15) is 17.3 Å². The molecule has 1 unspecified atom stereocenters. The molecule has 0 aliphatic carbocycles. The van der Waals surface area contributed by atoms with Crippen LogP contribution in [0, 0.1) is 5.92 Å². The Morgan fingerprint density at radius 2 is 2.11 bits per heavy atom. The fourth-order valence-corrected chi connectivity index (χ4v) is 3.22. The van der Waals surface area contributed by atoms with E-state index >= 15 is 0 Å². The lowest BCUT2D eigenvalue weighted by molar-refractivity contribution is -0.124. The second-order valence-corrected chi connectivity index (χ2v) is 6.66. The summed E-state index contributed by atoms with van der Waals surface area (Å²) in [5, 5.41) is 2.58. The van der Waals surface area contributed by atoms with Gasteiger partial charge in [0.15, 0.2) is 5.78 Å². The van der Waals surface area contributed by atoms with Gasteiger partial charge in [0.2, 0.25) is 5.91 Å². The second kappa shape index (κ2) is 7.24. The Balaban J connectivity index is 2.57. The molecule has 0 saturated carbocycles. The number of halogens is 2. The molecule has 1 atom stereocenters. The van der Waals surface area contributed by atoms with Gasteiger partial charge in [-0.15, -0.1) is 11.3 Å². The average Bonchev–Trinajstić information content (AvgIpc) is 2.67. The van der Waals surface area contributed by atoms with Gasteiger partial charge in [-0.05, 0) is 13.1 Å². The molecule has 0 aliphatic heterocycles. The van der Waals surface area contributed by atoms with Crippen LogP contribution in [0.25, 0.3) is 0 Å². The predicted molar refractivity (Wildman–Crippen MR) is 79.4 cm³/mol. The highest BCUT2D eigenvalue weighted by molar-refractivity contribution is 7.20. The molecule has 1 heterocycles.